The molecule has 0 amide bonds. The molecule has 3 aromatic carbocycles. The van der Waals surface area contributed by atoms with Gasteiger partial charge < -0.3 is 15.3 Å². The molecule has 4 heteroatoms. The molecular weight excluding hydrogens is 512 g/mol. The highest BCUT2D eigenvalue weighted by Gasteiger charge is 2.44. The van der Waals surface area contributed by atoms with Gasteiger partial charge in [-0.25, -0.2) is 0 Å². The lowest BCUT2D eigenvalue weighted by Crippen LogP contribution is -2.46. The first kappa shape index (κ1) is 26.1. The molecule has 0 spiro atoms. The van der Waals surface area contributed by atoms with Crippen LogP contribution in [0.4, 0.5) is 0 Å². The second-order valence-electron chi connectivity index (χ2n) is 11.3. The standard InChI is InChI=1S/C38H34N4/c1-4-9-33(39)26-13-16-28(17-14-26)42-35-12-7-6-11-30(35)31-22-27(15-18-36(31)42)38-20-19-29(34(24-38)40-3)32(23-38)37-25(5-2)10-8-21-41-37/h4-23,29,34,39-40H,2,24H2,1,3H3/b9-4-,39-33?/t29?,34?,38-/m0/s1. The van der Waals surface area contributed by atoms with Gasteiger partial charge in [0, 0.05) is 40.0 Å². The Morgan fingerprint density at radius 3 is 2.62 bits per heavy atom. The molecule has 0 radical (unpaired) electrons. The molecule has 3 atom stereocenters. The second kappa shape index (κ2) is 10.2. The lowest BCUT2D eigenvalue weighted by atomic mass is 9.61. The number of nitrogens with zero attached hydrogens (tertiary/aromatic N) is 2. The molecule has 206 valence electrons. The number of allylic oxidation sites excluding steroid dienone is 4. The van der Waals surface area contributed by atoms with Crippen LogP contribution in [-0.2, 0) is 5.41 Å². The number of para-hydroxylation sites is 1. The third-order valence-corrected chi connectivity index (χ3v) is 9.05. The molecule has 3 aliphatic carbocycles. The first-order chi connectivity index (χ1) is 20.6. The fourth-order valence-electron chi connectivity index (χ4n) is 6.99. The van der Waals surface area contributed by atoms with E-state index in [0.717, 1.165) is 28.9 Å². The lowest BCUT2D eigenvalue weighted by molar-refractivity contribution is 0.370. The summed E-state index contributed by atoms with van der Waals surface area (Å²) in [5.74, 6) is 0.272. The lowest BCUT2D eigenvalue weighted by Gasteiger charge is -2.46. The number of rotatable bonds is 7. The maximum Gasteiger partial charge on any atom is 0.0737 e. The minimum absolute atomic E-state index is 0.236. The van der Waals surface area contributed by atoms with Gasteiger partial charge in [0.1, 0.15) is 0 Å². The van der Waals surface area contributed by atoms with Gasteiger partial charge in [-0.2, -0.15) is 0 Å². The van der Waals surface area contributed by atoms with Crippen molar-refractivity contribution >= 4 is 39.2 Å². The van der Waals surface area contributed by atoms with Crippen molar-refractivity contribution in [3.05, 3.63) is 144 Å². The van der Waals surface area contributed by atoms with Crippen LogP contribution < -0.4 is 5.32 Å². The summed E-state index contributed by atoms with van der Waals surface area (Å²) in [7, 11) is 2.07. The van der Waals surface area contributed by atoms with E-state index in [4.69, 9.17) is 10.4 Å². The highest BCUT2D eigenvalue weighted by atomic mass is 15.0. The van der Waals surface area contributed by atoms with Crippen LogP contribution in [0.25, 0.3) is 39.1 Å². The quantitative estimate of drug-likeness (QED) is 0.159. The summed E-state index contributed by atoms with van der Waals surface area (Å²) in [5, 5.41) is 14.4. The Labute approximate surface area is 246 Å². The van der Waals surface area contributed by atoms with Gasteiger partial charge in [0.05, 0.1) is 22.4 Å². The molecule has 0 saturated carbocycles. The number of nitrogens with one attached hydrogen (secondary N) is 2. The summed E-state index contributed by atoms with van der Waals surface area (Å²) in [6.45, 7) is 6.00. The molecule has 2 bridgehead atoms. The highest BCUT2D eigenvalue weighted by Crippen LogP contribution is 2.50. The van der Waals surface area contributed by atoms with Crippen LogP contribution >= 0.6 is 0 Å². The van der Waals surface area contributed by atoms with E-state index < -0.39 is 0 Å². The molecule has 2 N–H and O–H groups in total. The maximum atomic E-state index is 8.30. The summed E-state index contributed by atoms with van der Waals surface area (Å²) in [6.07, 6.45) is 15.8. The van der Waals surface area contributed by atoms with E-state index >= 15 is 0 Å². The van der Waals surface area contributed by atoms with Crippen molar-refractivity contribution in [3.8, 4) is 5.69 Å². The first-order valence-corrected chi connectivity index (χ1v) is 14.6. The van der Waals surface area contributed by atoms with E-state index in [9.17, 15) is 0 Å². The molecule has 3 aliphatic rings. The van der Waals surface area contributed by atoms with Crippen LogP contribution in [0.15, 0.2) is 122 Å². The Morgan fingerprint density at radius 2 is 1.83 bits per heavy atom. The first-order valence-electron chi connectivity index (χ1n) is 14.6. The molecule has 0 fully saturated rings. The Hall–Kier alpha value is -4.80. The Kier molecular flexibility index (Phi) is 6.37. The Balaban J connectivity index is 1.39. The summed E-state index contributed by atoms with van der Waals surface area (Å²) < 4.78 is 2.34. The van der Waals surface area contributed by atoms with Gasteiger partial charge in [0.25, 0.3) is 0 Å². The van der Waals surface area contributed by atoms with Crippen LogP contribution in [0.2, 0.25) is 0 Å². The van der Waals surface area contributed by atoms with Crippen LogP contribution in [-0.4, -0.2) is 28.4 Å². The fraction of sp³-hybridized carbons (Fsp3) is 0.158. The number of benzene rings is 3. The van der Waals surface area contributed by atoms with Crippen molar-refractivity contribution in [2.24, 2.45) is 5.92 Å². The van der Waals surface area contributed by atoms with Crippen molar-refractivity contribution in [2.75, 3.05) is 7.05 Å². The predicted molar refractivity (Wildman–Crippen MR) is 177 cm³/mol. The summed E-state index contributed by atoms with van der Waals surface area (Å²) in [5.41, 5.74) is 9.28. The molecule has 5 aromatic rings. The zero-order valence-electron chi connectivity index (χ0n) is 24.0. The predicted octanol–water partition coefficient (Wildman–Crippen LogP) is 8.26. The minimum atomic E-state index is -0.236. The number of pyridine rings is 1. The van der Waals surface area contributed by atoms with Gasteiger partial charge in [0.15, 0.2) is 0 Å². The molecule has 8 rings (SSSR count). The zero-order chi connectivity index (χ0) is 28.8. The highest BCUT2D eigenvalue weighted by molar-refractivity contribution is 6.10. The second-order valence-corrected chi connectivity index (χ2v) is 11.3. The van der Waals surface area contributed by atoms with E-state index in [1.165, 1.54) is 32.9 Å². The number of hydrogen-bond donors (Lipinski definition) is 2. The van der Waals surface area contributed by atoms with E-state index in [0.29, 0.717) is 11.8 Å². The van der Waals surface area contributed by atoms with Gasteiger partial charge in [-0.3, -0.25) is 4.98 Å². The smallest absolute Gasteiger partial charge is 0.0737 e. The van der Waals surface area contributed by atoms with Crippen LogP contribution in [0.5, 0.6) is 0 Å². The Bertz CT molecular complexity index is 1950. The van der Waals surface area contributed by atoms with Gasteiger partial charge >= 0.3 is 0 Å². The largest absolute Gasteiger partial charge is 0.316 e. The molecule has 2 unspecified atom stereocenters. The normalized spacial score (nSPS) is 21.3. The van der Waals surface area contributed by atoms with Crippen molar-refractivity contribution in [3.63, 3.8) is 0 Å². The van der Waals surface area contributed by atoms with Crippen molar-refractivity contribution in [1.82, 2.24) is 14.9 Å². The van der Waals surface area contributed by atoms with E-state index in [1.54, 1.807) is 0 Å². The minimum Gasteiger partial charge on any atom is -0.316 e. The van der Waals surface area contributed by atoms with Crippen LogP contribution in [0, 0.1) is 11.3 Å². The monoisotopic (exact) mass is 546 g/mol. The fourth-order valence-corrected chi connectivity index (χ4v) is 6.99. The summed E-state index contributed by atoms with van der Waals surface area (Å²) in [6, 6.07) is 28.3. The third kappa shape index (κ3) is 4.02. The van der Waals surface area contributed by atoms with Crippen molar-refractivity contribution in [2.45, 2.75) is 24.8 Å². The van der Waals surface area contributed by atoms with Crippen molar-refractivity contribution in [1.29, 1.82) is 5.41 Å². The van der Waals surface area contributed by atoms with Gasteiger partial charge in [0.2, 0.25) is 0 Å². The third-order valence-electron chi connectivity index (χ3n) is 9.05. The molecule has 42 heavy (non-hydrogen) atoms. The average molecular weight is 547 g/mol. The number of fused-ring (bicyclic) bond motifs is 4. The van der Waals surface area contributed by atoms with Crippen LogP contribution in [0.1, 0.15) is 35.7 Å². The topological polar surface area (TPSA) is 53.7 Å². The van der Waals surface area contributed by atoms with E-state index in [1.807, 2.05) is 49.5 Å². The molecule has 2 heterocycles. The van der Waals surface area contributed by atoms with Gasteiger partial charge in [-0.05, 0) is 85.1 Å². The number of aromatic nitrogens is 2. The molecule has 2 aromatic heterocycles. The summed E-state index contributed by atoms with van der Waals surface area (Å²) in [4.78, 5) is 4.82. The molecule has 4 nitrogen and oxygen atoms in total. The van der Waals surface area contributed by atoms with Gasteiger partial charge in [-0.1, -0.05) is 79.4 Å². The maximum absolute atomic E-state index is 8.30. The van der Waals surface area contributed by atoms with E-state index in [2.05, 4.69) is 102 Å². The summed E-state index contributed by atoms with van der Waals surface area (Å²) >= 11 is 0. The Morgan fingerprint density at radius 1 is 1.02 bits per heavy atom. The average Bonchev–Trinajstić information content (AvgIpc) is 3.38. The van der Waals surface area contributed by atoms with E-state index in [-0.39, 0.29) is 11.3 Å². The van der Waals surface area contributed by atoms with Crippen LogP contribution in [0.3, 0.4) is 0 Å². The molecule has 0 saturated heterocycles. The van der Waals surface area contributed by atoms with Gasteiger partial charge in [-0.15, -0.1) is 0 Å². The molecular formula is C38H34N4. The SMILES string of the molecule is C=Cc1cccnc1C1=C[C@@]2(c3ccc4c(c3)c3ccccc3n4-c3ccc(C(=N)/C=C\C)cc3)C=CC1C(NC)C2. The number of hydrogen-bond acceptors (Lipinski definition) is 3. The zero-order valence-corrected chi connectivity index (χ0v) is 24.0. The van der Waals surface area contributed by atoms with Crippen molar-refractivity contribution < 1.29 is 0 Å². The molecule has 0 aliphatic heterocycles.